The molecule has 1 aliphatic rings. The standard InChI is InChI=1S/C22H20N6O5/c1-12-3-4-13(19-25-21(33-26-19)14-10-27(11-14)22(31)32-2)7-16(12)24-20(30)17-9-23-18-8-15(29)5-6-28(17)18/h3-9,14,29H,10-11H2,1-2H3,(H,24,30). The number of benzene rings is 1. The highest BCUT2D eigenvalue weighted by atomic mass is 16.5. The average Bonchev–Trinajstić information content (AvgIpc) is 3.41. The topological polar surface area (TPSA) is 135 Å². The molecule has 1 fully saturated rings. The van der Waals surface area contributed by atoms with E-state index < -0.39 is 0 Å². The van der Waals surface area contributed by atoms with Crippen LogP contribution in [0.3, 0.4) is 0 Å². The van der Waals surface area contributed by atoms with Crippen LogP contribution in [-0.2, 0) is 4.74 Å². The zero-order chi connectivity index (χ0) is 23.1. The van der Waals surface area contributed by atoms with Gasteiger partial charge in [-0.2, -0.15) is 4.98 Å². The molecule has 11 heteroatoms. The van der Waals surface area contributed by atoms with E-state index in [1.54, 1.807) is 21.6 Å². The summed E-state index contributed by atoms with van der Waals surface area (Å²) in [4.78, 5) is 34.6. The number of anilines is 1. The van der Waals surface area contributed by atoms with Crippen molar-refractivity contribution in [2.24, 2.45) is 0 Å². The SMILES string of the molecule is COC(=O)N1CC(c2nc(-c3ccc(C)c(NC(=O)c4cnc5cc(O)ccn45)c3)no2)C1. The minimum atomic E-state index is -0.382. The number of nitrogens with zero attached hydrogens (tertiary/aromatic N) is 5. The molecular weight excluding hydrogens is 428 g/mol. The van der Waals surface area contributed by atoms with Crippen molar-refractivity contribution in [3.63, 3.8) is 0 Å². The maximum atomic E-state index is 12.9. The van der Waals surface area contributed by atoms with E-state index in [-0.39, 0.29) is 23.7 Å². The highest BCUT2D eigenvalue weighted by Crippen LogP contribution is 2.29. The van der Waals surface area contributed by atoms with Gasteiger partial charge in [-0.25, -0.2) is 9.78 Å². The van der Waals surface area contributed by atoms with Crippen LogP contribution in [0, 0.1) is 6.92 Å². The molecule has 0 bridgehead atoms. The monoisotopic (exact) mass is 448 g/mol. The van der Waals surface area contributed by atoms with Crippen molar-refractivity contribution < 1.29 is 24.0 Å². The van der Waals surface area contributed by atoms with Gasteiger partial charge < -0.3 is 24.6 Å². The molecule has 2 amide bonds. The van der Waals surface area contributed by atoms with Crippen LogP contribution in [0.5, 0.6) is 5.75 Å². The number of pyridine rings is 1. The summed E-state index contributed by atoms with van der Waals surface area (Å²) in [5, 5.41) is 16.6. The summed E-state index contributed by atoms with van der Waals surface area (Å²) in [6.07, 6.45) is 2.65. The maximum absolute atomic E-state index is 12.9. The Labute approximate surface area is 187 Å². The van der Waals surface area contributed by atoms with E-state index in [2.05, 4.69) is 20.4 Å². The Morgan fingerprint density at radius 1 is 1.24 bits per heavy atom. The van der Waals surface area contributed by atoms with Gasteiger partial charge in [0.05, 0.1) is 19.2 Å². The molecular formula is C22H20N6O5. The third-order valence-corrected chi connectivity index (χ3v) is 5.58. The van der Waals surface area contributed by atoms with E-state index in [4.69, 9.17) is 9.26 Å². The van der Waals surface area contributed by atoms with Gasteiger partial charge in [-0.1, -0.05) is 17.3 Å². The lowest BCUT2D eigenvalue weighted by Crippen LogP contribution is -2.48. The number of carbonyl (C=O) groups excluding carboxylic acids is 2. The maximum Gasteiger partial charge on any atom is 0.409 e. The predicted molar refractivity (Wildman–Crippen MR) is 116 cm³/mol. The Bertz CT molecular complexity index is 1370. The molecule has 1 aromatic carbocycles. The summed E-state index contributed by atoms with van der Waals surface area (Å²) in [5.41, 5.74) is 2.93. The lowest BCUT2D eigenvalue weighted by molar-refractivity contribution is 0.0804. The Kier molecular flexibility index (Phi) is 4.93. The summed E-state index contributed by atoms with van der Waals surface area (Å²) >= 11 is 0. The van der Waals surface area contributed by atoms with Crippen molar-refractivity contribution in [3.05, 3.63) is 59.9 Å². The number of aromatic hydroxyl groups is 1. The molecule has 0 aliphatic carbocycles. The number of likely N-dealkylation sites (tertiary alicyclic amines) is 1. The van der Waals surface area contributed by atoms with E-state index >= 15 is 0 Å². The number of fused-ring (bicyclic) bond motifs is 1. The second-order valence-corrected chi connectivity index (χ2v) is 7.77. The van der Waals surface area contributed by atoms with Crippen LogP contribution in [-0.4, -0.2) is 61.7 Å². The van der Waals surface area contributed by atoms with E-state index in [0.717, 1.165) is 5.56 Å². The Hall–Kier alpha value is -4.41. The Balaban J connectivity index is 1.34. The summed E-state index contributed by atoms with van der Waals surface area (Å²) in [6, 6.07) is 8.44. The van der Waals surface area contributed by atoms with Crippen molar-refractivity contribution in [2.45, 2.75) is 12.8 Å². The van der Waals surface area contributed by atoms with Gasteiger partial charge >= 0.3 is 6.09 Å². The number of methoxy groups -OCH3 is 1. The van der Waals surface area contributed by atoms with Crippen molar-refractivity contribution in [1.82, 2.24) is 24.4 Å². The van der Waals surface area contributed by atoms with Crippen molar-refractivity contribution in [1.29, 1.82) is 0 Å². The molecule has 1 aliphatic heterocycles. The Morgan fingerprint density at radius 3 is 2.85 bits per heavy atom. The molecule has 0 atom stereocenters. The first kappa shape index (κ1) is 20.5. The molecule has 3 aromatic heterocycles. The molecule has 11 nitrogen and oxygen atoms in total. The second-order valence-electron chi connectivity index (χ2n) is 7.77. The minimum absolute atomic E-state index is 0.0374. The number of aryl methyl sites for hydroxylation is 1. The van der Waals surface area contributed by atoms with Crippen LogP contribution in [0.1, 0.15) is 27.9 Å². The summed E-state index contributed by atoms with van der Waals surface area (Å²) in [7, 11) is 1.34. The molecule has 0 unspecified atom stereocenters. The molecule has 33 heavy (non-hydrogen) atoms. The molecule has 4 heterocycles. The zero-order valence-corrected chi connectivity index (χ0v) is 17.8. The molecule has 168 valence electrons. The number of amides is 2. The van der Waals surface area contributed by atoms with Gasteiger partial charge in [-0.15, -0.1) is 0 Å². The zero-order valence-electron chi connectivity index (χ0n) is 17.8. The number of rotatable bonds is 4. The minimum Gasteiger partial charge on any atom is -0.508 e. The van der Waals surface area contributed by atoms with E-state index in [1.165, 1.54) is 25.4 Å². The van der Waals surface area contributed by atoms with E-state index in [1.807, 2.05) is 19.1 Å². The number of hydrogen-bond acceptors (Lipinski definition) is 8. The van der Waals surface area contributed by atoms with Gasteiger partial charge in [0.25, 0.3) is 5.91 Å². The van der Waals surface area contributed by atoms with Crippen molar-refractivity contribution >= 4 is 23.3 Å². The van der Waals surface area contributed by atoms with Crippen LogP contribution in [0.4, 0.5) is 10.5 Å². The normalized spacial score (nSPS) is 13.7. The number of imidazole rings is 1. The number of nitrogens with one attached hydrogen (secondary N) is 1. The highest BCUT2D eigenvalue weighted by molar-refractivity contribution is 6.04. The van der Waals surface area contributed by atoms with Crippen molar-refractivity contribution in [2.75, 3.05) is 25.5 Å². The lowest BCUT2D eigenvalue weighted by Gasteiger charge is -2.35. The van der Waals surface area contributed by atoms with Crippen LogP contribution in [0.2, 0.25) is 0 Å². The van der Waals surface area contributed by atoms with Gasteiger partial charge in [0.1, 0.15) is 17.1 Å². The molecule has 2 N–H and O–H groups in total. The average molecular weight is 448 g/mol. The predicted octanol–water partition coefficient (Wildman–Crippen LogP) is 2.82. The summed E-state index contributed by atoms with van der Waals surface area (Å²) in [5.74, 6) is 0.528. The smallest absolute Gasteiger partial charge is 0.409 e. The first-order valence-electron chi connectivity index (χ1n) is 10.2. The molecule has 0 saturated carbocycles. The van der Waals surface area contributed by atoms with Crippen LogP contribution < -0.4 is 5.32 Å². The highest BCUT2D eigenvalue weighted by Gasteiger charge is 2.36. The first-order valence-corrected chi connectivity index (χ1v) is 10.2. The molecule has 1 saturated heterocycles. The quantitative estimate of drug-likeness (QED) is 0.487. The van der Waals surface area contributed by atoms with Crippen molar-refractivity contribution in [3.8, 4) is 17.1 Å². The molecule has 5 rings (SSSR count). The van der Waals surface area contributed by atoms with E-state index in [9.17, 15) is 14.7 Å². The fourth-order valence-electron chi connectivity index (χ4n) is 3.65. The molecule has 0 spiro atoms. The lowest BCUT2D eigenvalue weighted by atomic mass is 10.0. The summed E-state index contributed by atoms with van der Waals surface area (Å²) in [6.45, 7) is 2.80. The van der Waals surface area contributed by atoms with Gasteiger partial charge in [-0.3, -0.25) is 9.20 Å². The van der Waals surface area contributed by atoms with Gasteiger partial charge in [0, 0.05) is 36.6 Å². The van der Waals surface area contributed by atoms with Gasteiger partial charge in [0.15, 0.2) is 0 Å². The summed E-state index contributed by atoms with van der Waals surface area (Å²) < 4.78 is 11.7. The first-order chi connectivity index (χ1) is 15.9. The second kappa shape index (κ2) is 7.93. The molecule has 0 radical (unpaired) electrons. The Morgan fingerprint density at radius 2 is 2.06 bits per heavy atom. The van der Waals surface area contributed by atoms with E-state index in [0.29, 0.717) is 47.4 Å². The van der Waals surface area contributed by atoms with Crippen LogP contribution >= 0.6 is 0 Å². The number of ether oxygens (including phenoxy) is 1. The fourth-order valence-corrected chi connectivity index (χ4v) is 3.65. The van der Waals surface area contributed by atoms with Gasteiger partial charge in [-0.05, 0) is 24.6 Å². The number of aromatic nitrogens is 4. The largest absolute Gasteiger partial charge is 0.508 e. The third kappa shape index (κ3) is 3.73. The number of hydrogen-bond donors (Lipinski definition) is 2. The van der Waals surface area contributed by atoms with Gasteiger partial charge in [0.2, 0.25) is 11.7 Å². The molecule has 4 aromatic rings. The van der Waals surface area contributed by atoms with Crippen LogP contribution in [0.25, 0.3) is 17.0 Å². The van der Waals surface area contributed by atoms with Crippen LogP contribution in [0.15, 0.2) is 47.2 Å². The third-order valence-electron chi connectivity index (χ3n) is 5.58. The fraction of sp³-hybridized carbons (Fsp3) is 0.227. The number of carbonyl (C=O) groups is 2.